The molecule has 0 saturated heterocycles. The molecule has 5 atom stereocenters. The second-order valence-electron chi connectivity index (χ2n) is 14.3. The number of carbonyl (C=O) groups excluding carboxylic acids is 1. The van der Waals surface area contributed by atoms with Crippen LogP contribution >= 0.6 is 15.9 Å². The number of methoxy groups -OCH3 is 1. The number of esters is 1. The van der Waals surface area contributed by atoms with E-state index in [0.717, 1.165) is 35.7 Å². The van der Waals surface area contributed by atoms with Gasteiger partial charge in [0.1, 0.15) is 6.61 Å². The maximum atomic E-state index is 14.3. The van der Waals surface area contributed by atoms with Crippen LogP contribution in [0.25, 0.3) is 0 Å². The van der Waals surface area contributed by atoms with E-state index in [4.69, 9.17) is 18.6 Å². The Kier molecular flexibility index (Phi) is 14.9. The van der Waals surface area contributed by atoms with E-state index in [1.54, 1.807) is 18.2 Å². The van der Waals surface area contributed by atoms with E-state index in [1.807, 2.05) is 25.2 Å². The highest BCUT2D eigenvalue weighted by molar-refractivity contribution is 9.10. The average molecular weight is 733 g/mol. The summed E-state index contributed by atoms with van der Waals surface area (Å²) in [4.78, 5) is 11.6. The summed E-state index contributed by atoms with van der Waals surface area (Å²) in [5.41, 5.74) is 0.548. The topological polar surface area (TPSA) is 66.0 Å². The number of para-hydroxylation sites is 1. The standard InChI is InChI=1S/C38H55BrFNO5Si/c1-37(2,3)47(7,8)46-35-25-34(44-26-28-17-13-14-19-31(28)39)30(29(35)18-11-9-10-12-22-36(42)43-6)23-24-38(4,41-5)27-45-33-21-16-15-20-32(33)40/h9,11,13-17,19-21,23-24,29-30,34-35,41H,10,12,18,22,25-27H2,1-8H3/b11-9+,24-23+. The molecule has 0 heterocycles. The van der Waals surface area contributed by atoms with E-state index in [9.17, 15) is 9.18 Å². The number of ether oxygens (including phenoxy) is 3. The number of nitrogens with one attached hydrogen (secondary N) is 1. The molecule has 5 unspecified atom stereocenters. The SMILES string of the molecule is CNC(C)(/C=C/C1C(OCc2ccccc2Br)CC(O[Si](C)(C)C(C)(C)C)C1C/C=C/CCCC(=O)OC)COc1ccccc1F. The Hall–Kier alpha value is -2.30. The van der Waals surface area contributed by atoms with E-state index in [1.165, 1.54) is 13.2 Å². The van der Waals surface area contributed by atoms with Gasteiger partial charge in [-0.15, -0.1) is 0 Å². The Morgan fingerprint density at radius 1 is 1.06 bits per heavy atom. The smallest absolute Gasteiger partial charge is 0.305 e. The number of halogens is 2. The summed E-state index contributed by atoms with van der Waals surface area (Å²) in [6.45, 7) is 14.2. The monoisotopic (exact) mass is 731 g/mol. The molecule has 0 amide bonds. The zero-order valence-electron chi connectivity index (χ0n) is 29.5. The van der Waals surface area contributed by atoms with E-state index in [-0.39, 0.29) is 53.2 Å². The Morgan fingerprint density at radius 3 is 2.43 bits per heavy atom. The minimum Gasteiger partial charge on any atom is -0.488 e. The number of rotatable bonds is 17. The lowest BCUT2D eigenvalue weighted by atomic mass is 9.88. The number of hydrogen-bond acceptors (Lipinski definition) is 6. The van der Waals surface area contributed by atoms with Crippen LogP contribution in [0.1, 0.15) is 65.4 Å². The van der Waals surface area contributed by atoms with Crippen molar-refractivity contribution in [1.82, 2.24) is 5.32 Å². The van der Waals surface area contributed by atoms with Crippen molar-refractivity contribution in [2.45, 2.75) is 102 Å². The van der Waals surface area contributed by atoms with Gasteiger partial charge in [0.15, 0.2) is 19.9 Å². The molecule has 260 valence electrons. The third-order valence-electron chi connectivity index (χ3n) is 9.70. The molecule has 1 saturated carbocycles. The molecule has 2 aromatic carbocycles. The van der Waals surface area contributed by atoms with Crippen LogP contribution in [0.2, 0.25) is 18.1 Å². The van der Waals surface area contributed by atoms with Gasteiger partial charge >= 0.3 is 5.97 Å². The molecule has 9 heteroatoms. The minimum atomic E-state index is -2.10. The molecule has 6 nitrogen and oxygen atoms in total. The highest BCUT2D eigenvalue weighted by Crippen LogP contribution is 2.45. The Balaban J connectivity index is 1.91. The maximum absolute atomic E-state index is 14.3. The molecule has 0 spiro atoms. The van der Waals surface area contributed by atoms with Crippen molar-refractivity contribution in [2.75, 3.05) is 20.8 Å². The highest BCUT2D eigenvalue weighted by atomic mass is 79.9. The van der Waals surface area contributed by atoms with E-state index in [2.05, 4.69) is 92.4 Å². The molecule has 0 bridgehead atoms. The van der Waals surface area contributed by atoms with Gasteiger partial charge in [0.05, 0.1) is 31.5 Å². The summed E-state index contributed by atoms with van der Waals surface area (Å²) in [6.07, 6.45) is 12.3. The van der Waals surface area contributed by atoms with Gasteiger partial charge in [-0.2, -0.15) is 0 Å². The molecule has 0 aromatic heterocycles. The lowest BCUT2D eigenvalue weighted by Gasteiger charge is -2.40. The van der Waals surface area contributed by atoms with Crippen LogP contribution in [0.5, 0.6) is 5.75 Å². The van der Waals surface area contributed by atoms with Crippen LogP contribution in [0.15, 0.2) is 77.3 Å². The van der Waals surface area contributed by atoms with Gasteiger partial charge in [0.2, 0.25) is 0 Å². The lowest BCUT2D eigenvalue weighted by molar-refractivity contribution is -0.140. The second-order valence-corrected chi connectivity index (χ2v) is 19.9. The van der Waals surface area contributed by atoms with Crippen molar-refractivity contribution in [1.29, 1.82) is 0 Å². The predicted octanol–water partition coefficient (Wildman–Crippen LogP) is 9.40. The van der Waals surface area contributed by atoms with Gasteiger partial charge in [-0.1, -0.05) is 91.3 Å². The van der Waals surface area contributed by atoms with Crippen LogP contribution in [0, 0.1) is 17.7 Å². The fourth-order valence-corrected chi connectivity index (χ4v) is 7.28. The van der Waals surface area contributed by atoms with Crippen molar-refractivity contribution < 1.29 is 27.8 Å². The average Bonchev–Trinajstić information content (AvgIpc) is 3.34. The van der Waals surface area contributed by atoms with Gasteiger partial charge in [0.25, 0.3) is 0 Å². The van der Waals surface area contributed by atoms with Crippen molar-refractivity contribution in [2.24, 2.45) is 11.8 Å². The fourth-order valence-electron chi connectivity index (χ4n) is 5.50. The molecule has 47 heavy (non-hydrogen) atoms. The predicted molar refractivity (Wildman–Crippen MR) is 195 cm³/mol. The normalized spacial score (nSPS) is 21.7. The molecular weight excluding hydrogens is 677 g/mol. The summed E-state index contributed by atoms with van der Waals surface area (Å²) in [5.74, 6) is -0.0896. The number of benzene rings is 2. The number of allylic oxidation sites excluding steroid dienone is 2. The van der Waals surface area contributed by atoms with Crippen molar-refractivity contribution in [3.8, 4) is 5.75 Å². The summed E-state index contributed by atoms with van der Waals surface area (Å²) < 4.78 is 40.0. The van der Waals surface area contributed by atoms with Crippen LogP contribution in [-0.4, -0.2) is 52.8 Å². The molecule has 0 radical (unpaired) electrons. The Bertz CT molecular complexity index is 1350. The van der Waals surface area contributed by atoms with Gasteiger partial charge in [-0.3, -0.25) is 4.79 Å². The highest BCUT2D eigenvalue weighted by Gasteiger charge is 2.48. The van der Waals surface area contributed by atoms with E-state index >= 15 is 0 Å². The van der Waals surface area contributed by atoms with Crippen molar-refractivity contribution in [3.05, 3.63) is 88.7 Å². The Labute approximate surface area is 291 Å². The summed E-state index contributed by atoms with van der Waals surface area (Å²) in [5, 5.41) is 3.44. The van der Waals surface area contributed by atoms with E-state index in [0.29, 0.717) is 13.0 Å². The molecular formula is C38H55BrFNO5Si. The lowest BCUT2D eigenvalue weighted by Crippen LogP contribution is -2.45. The molecule has 1 aliphatic rings. The molecule has 1 aliphatic carbocycles. The minimum absolute atomic E-state index is 0.0185. The second kappa shape index (κ2) is 17.9. The van der Waals surface area contributed by atoms with Gasteiger partial charge < -0.3 is 24.0 Å². The summed E-state index contributed by atoms with van der Waals surface area (Å²) in [7, 11) is 1.22. The molecule has 1 fully saturated rings. The first kappa shape index (κ1) is 39.1. The van der Waals surface area contributed by atoms with Crippen LogP contribution < -0.4 is 10.1 Å². The summed E-state index contributed by atoms with van der Waals surface area (Å²) in [6, 6.07) is 14.6. The quantitative estimate of drug-likeness (QED) is 0.0757. The first-order valence-electron chi connectivity index (χ1n) is 16.7. The van der Waals surface area contributed by atoms with E-state index < -0.39 is 13.9 Å². The number of likely N-dealkylation sites (N-methyl/N-ethyl adjacent to an activating group) is 1. The third kappa shape index (κ3) is 11.7. The zero-order valence-corrected chi connectivity index (χ0v) is 32.1. The van der Waals surface area contributed by atoms with Crippen LogP contribution in [-0.2, 0) is 25.3 Å². The first-order valence-corrected chi connectivity index (χ1v) is 20.4. The molecule has 3 rings (SSSR count). The fraction of sp³-hybridized carbons (Fsp3) is 0.553. The molecule has 1 N–H and O–H groups in total. The number of unbranched alkanes of at least 4 members (excludes halogenated alkanes) is 1. The number of carbonyl (C=O) groups is 1. The van der Waals surface area contributed by atoms with Gasteiger partial charge in [0, 0.05) is 16.8 Å². The van der Waals surface area contributed by atoms with Gasteiger partial charge in [-0.05, 0) is 87.5 Å². The van der Waals surface area contributed by atoms with Crippen LogP contribution in [0.3, 0.4) is 0 Å². The third-order valence-corrected chi connectivity index (χ3v) is 15.0. The molecule has 2 aromatic rings. The van der Waals surface area contributed by atoms with Crippen molar-refractivity contribution >= 4 is 30.2 Å². The Morgan fingerprint density at radius 2 is 1.77 bits per heavy atom. The van der Waals surface area contributed by atoms with Crippen molar-refractivity contribution in [3.63, 3.8) is 0 Å². The van der Waals surface area contributed by atoms with Gasteiger partial charge in [-0.25, -0.2) is 4.39 Å². The zero-order chi connectivity index (χ0) is 34.7. The maximum Gasteiger partial charge on any atom is 0.305 e. The summed E-state index contributed by atoms with van der Waals surface area (Å²) >= 11 is 3.68. The first-order chi connectivity index (χ1) is 22.2. The number of hydrogen-bond donors (Lipinski definition) is 1. The molecule has 0 aliphatic heterocycles. The van der Waals surface area contributed by atoms with Crippen LogP contribution in [0.4, 0.5) is 4.39 Å². The largest absolute Gasteiger partial charge is 0.488 e.